The summed E-state index contributed by atoms with van der Waals surface area (Å²) in [6.45, 7) is 0.0447. The number of Topliss-reactive ketones (excluding diaryl/α,β-unsaturated/α-hetero) is 1. The number of H-pyrrole nitrogens is 1. The Kier molecular flexibility index (Phi) is 2.39. The second-order valence-corrected chi connectivity index (χ2v) is 3.94. The first-order valence-corrected chi connectivity index (χ1v) is 5.01. The van der Waals surface area contributed by atoms with Crippen molar-refractivity contribution in [2.24, 2.45) is 5.73 Å². The van der Waals surface area contributed by atoms with Crippen LogP contribution in [0.15, 0.2) is 28.9 Å². The number of hydrogen-bond donors (Lipinski definition) is 2. The molecule has 0 atom stereocenters. The Morgan fingerprint density at radius 3 is 3.00 bits per heavy atom. The highest BCUT2D eigenvalue weighted by atomic mass is 79.9. The molecule has 0 fully saturated rings. The van der Waals surface area contributed by atoms with E-state index < -0.39 is 0 Å². The van der Waals surface area contributed by atoms with Gasteiger partial charge in [0.2, 0.25) is 0 Å². The fourth-order valence-corrected chi connectivity index (χ4v) is 1.80. The monoisotopic (exact) mass is 252 g/mol. The molecular weight excluding hydrogens is 244 g/mol. The fourth-order valence-electron chi connectivity index (χ4n) is 1.44. The molecule has 0 aliphatic carbocycles. The third-order valence-electron chi connectivity index (χ3n) is 2.13. The normalized spacial score (nSPS) is 10.7. The van der Waals surface area contributed by atoms with Gasteiger partial charge in [-0.2, -0.15) is 0 Å². The predicted molar refractivity (Wildman–Crippen MR) is 59.4 cm³/mol. The Morgan fingerprint density at radius 1 is 1.50 bits per heavy atom. The summed E-state index contributed by atoms with van der Waals surface area (Å²) >= 11 is 3.37. The van der Waals surface area contributed by atoms with Crippen molar-refractivity contribution in [3.8, 4) is 0 Å². The number of hydrogen-bond acceptors (Lipinski definition) is 2. The van der Waals surface area contributed by atoms with Crippen LogP contribution in [-0.2, 0) is 0 Å². The van der Waals surface area contributed by atoms with Gasteiger partial charge in [-0.05, 0) is 12.1 Å². The van der Waals surface area contributed by atoms with Crippen molar-refractivity contribution in [2.45, 2.75) is 0 Å². The molecule has 0 aliphatic heterocycles. The third-order valence-corrected chi connectivity index (χ3v) is 2.62. The van der Waals surface area contributed by atoms with E-state index >= 15 is 0 Å². The highest BCUT2D eigenvalue weighted by Crippen LogP contribution is 2.22. The van der Waals surface area contributed by atoms with Gasteiger partial charge in [-0.15, -0.1) is 0 Å². The Hall–Kier alpha value is -1.13. The first-order valence-electron chi connectivity index (χ1n) is 4.22. The molecule has 3 N–H and O–H groups in total. The zero-order valence-corrected chi connectivity index (χ0v) is 8.97. The zero-order chi connectivity index (χ0) is 10.1. The van der Waals surface area contributed by atoms with Gasteiger partial charge in [0.1, 0.15) is 0 Å². The maximum atomic E-state index is 11.4. The highest BCUT2D eigenvalue weighted by Gasteiger charge is 2.09. The van der Waals surface area contributed by atoms with Crippen LogP contribution in [0.5, 0.6) is 0 Å². The summed E-state index contributed by atoms with van der Waals surface area (Å²) in [6.07, 6.45) is 1.70. The van der Waals surface area contributed by atoms with E-state index in [-0.39, 0.29) is 12.3 Å². The molecule has 2 rings (SSSR count). The minimum Gasteiger partial charge on any atom is -0.360 e. The number of aromatic amines is 1. The molecule has 4 heteroatoms. The van der Waals surface area contributed by atoms with Crippen molar-refractivity contribution in [1.82, 2.24) is 4.98 Å². The first kappa shape index (κ1) is 9.43. The highest BCUT2D eigenvalue weighted by molar-refractivity contribution is 9.10. The van der Waals surface area contributed by atoms with Crippen LogP contribution in [0.2, 0.25) is 0 Å². The van der Waals surface area contributed by atoms with E-state index in [1.54, 1.807) is 6.20 Å². The summed E-state index contributed by atoms with van der Waals surface area (Å²) in [7, 11) is 0. The maximum Gasteiger partial charge on any atom is 0.178 e. The van der Waals surface area contributed by atoms with Crippen LogP contribution >= 0.6 is 15.9 Å². The number of carbonyl (C=O) groups is 1. The van der Waals surface area contributed by atoms with Crippen molar-refractivity contribution in [2.75, 3.05) is 6.54 Å². The molecule has 1 aromatic carbocycles. The van der Waals surface area contributed by atoms with Crippen LogP contribution in [0, 0.1) is 0 Å². The lowest BCUT2D eigenvalue weighted by atomic mass is 10.1. The Bertz CT molecular complexity index is 490. The van der Waals surface area contributed by atoms with E-state index in [9.17, 15) is 4.79 Å². The molecule has 0 radical (unpaired) electrons. The number of carbonyl (C=O) groups excluding carboxylic acids is 1. The predicted octanol–water partition coefficient (Wildman–Crippen LogP) is 2.07. The van der Waals surface area contributed by atoms with Crippen LogP contribution in [0.1, 0.15) is 10.4 Å². The van der Waals surface area contributed by atoms with Crippen LogP contribution in [-0.4, -0.2) is 17.3 Å². The van der Waals surface area contributed by atoms with E-state index in [0.717, 1.165) is 15.4 Å². The molecule has 0 amide bonds. The molecule has 0 bridgehead atoms. The molecule has 0 unspecified atom stereocenters. The van der Waals surface area contributed by atoms with Crippen molar-refractivity contribution in [1.29, 1.82) is 0 Å². The van der Waals surface area contributed by atoms with Crippen LogP contribution < -0.4 is 5.73 Å². The quantitative estimate of drug-likeness (QED) is 0.805. The SMILES string of the molecule is NCC(=O)c1c[nH]c2cc(Br)ccc12. The van der Waals surface area contributed by atoms with Crippen molar-refractivity contribution in [3.63, 3.8) is 0 Å². The minimum atomic E-state index is -0.0430. The molecular formula is C10H9BrN2O. The first-order chi connectivity index (χ1) is 6.72. The number of nitrogens with two attached hydrogens (primary N) is 1. The van der Waals surface area contributed by atoms with Gasteiger partial charge < -0.3 is 10.7 Å². The lowest BCUT2D eigenvalue weighted by Gasteiger charge is -1.95. The Labute approximate surface area is 89.4 Å². The Balaban J connectivity index is 2.64. The fraction of sp³-hybridized carbons (Fsp3) is 0.100. The van der Waals surface area contributed by atoms with Gasteiger partial charge >= 0.3 is 0 Å². The van der Waals surface area contributed by atoms with E-state index in [0.29, 0.717) is 5.56 Å². The second-order valence-electron chi connectivity index (χ2n) is 3.02. The van der Waals surface area contributed by atoms with Gasteiger partial charge in [0, 0.05) is 27.1 Å². The molecule has 14 heavy (non-hydrogen) atoms. The number of aromatic nitrogens is 1. The van der Waals surface area contributed by atoms with Crippen molar-refractivity contribution < 1.29 is 4.79 Å². The molecule has 0 aliphatic rings. The number of halogens is 1. The zero-order valence-electron chi connectivity index (χ0n) is 7.38. The van der Waals surface area contributed by atoms with E-state index in [1.807, 2.05) is 18.2 Å². The van der Waals surface area contributed by atoms with Gasteiger partial charge in [0.15, 0.2) is 5.78 Å². The van der Waals surface area contributed by atoms with Crippen LogP contribution in [0.3, 0.4) is 0 Å². The summed E-state index contributed by atoms with van der Waals surface area (Å²) in [6, 6.07) is 5.74. The largest absolute Gasteiger partial charge is 0.360 e. The number of benzene rings is 1. The van der Waals surface area contributed by atoms with Crippen LogP contribution in [0.4, 0.5) is 0 Å². The molecule has 0 saturated carbocycles. The molecule has 0 spiro atoms. The van der Waals surface area contributed by atoms with Crippen molar-refractivity contribution >= 4 is 32.6 Å². The maximum absolute atomic E-state index is 11.4. The third kappa shape index (κ3) is 1.47. The van der Waals surface area contributed by atoms with E-state index in [4.69, 9.17) is 5.73 Å². The van der Waals surface area contributed by atoms with Crippen LogP contribution in [0.25, 0.3) is 10.9 Å². The minimum absolute atomic E-state index is 0.0430. The molecule has 3 nitrogen and oxygen atoms in total. The number of nitrogens with one attached hydrogen (secondary N) is 1. The topological polar surface area (TPSA) is 58.9 Å². The molecule has 0 saturated heterocycles. The van der Waals surface area contributed by atoms with Gasteiger partial charge in [0.25, 0.3) is 0 Å². The van der Waals surface area contributed by atoms with E-state index in [1.165, 1.54) is 0 Å². The summed E-state index contributed by atoms with van der Waals surface area (Å²) in [5.41, 5.74) is 6.91. The van der Waals surface area contributed by atoms with Gasteiger partial charge in [-0.3, -0.25) is 4.79 Å². The smallest absolute Gasteiger partial charge is 0.178 e. The van der Waals surface area contributed by atoms with Gasteiger partial charge in [-0.25, -0.2) is 0 Å². The number of rotatable bonds is 2. The molecule has 1 heterocycles. The Morgan fingerprint density at radius 2 is 2.29 bits per heavy atom. The second kappa shape index (κ2) is 3.55. The summed E-state index contributed by atoms with van der Waals surface area (Å²) in [5, 5.41) is 0.920. The van der Waals surface area contributed by atoms with Gasteiger partial charge in [0.05, 0.1) is 6.54 Å². The number of ketones is 1. The average molecular weight is 253 g/mol. The molecule has 1 aromatic heterocycles. The number of fused-ring (bicyclic) bond motifs is 1. The lowest BCUT2D eigenvalue weighted by molar-refractivity contribution is 0.100. The summed E-state index contributed by atoms with van der Waals surface area (Å²) < 4.78 is 0.985. The lowest BCUT2D eigenvalue weighted by Crippen LogP contribution is -2.12. The standard InChI is InChI=1S/C10H9BrN2O/c11-6-1-2-7-8(10(14)4-12)5-13-9(7)3-6/h1-3,5,13H,4,12H2. The van der Waals surface area contributed by atoms with E-state index in [2.05, 4.69) is 20.9 Å². The summed E-state index contributed by atoms with van der Waals surface area (Å²) in [5.74, 6) is -0.0430. The van der Waals surface area contributed by atoms with Crippen molar-refractivity contribution in [3.05, 3.63) is 34.4 Å². The molecule has 72 valence electrons. The summed E-state index contributed by atoms with van der Waals surface area (Å²) in [4.78, 5) is 14.5. The van der Waals surface area contributed by atoms with Gasteiger partial charge in [-0.1, -0.05) is 22.0 Å². The average Bonchev–Trinajstić information content (AvgIpc) is 2.59. The molecule has 2 aromatic rings.